The summed E-state index contributed by atoms with van der Waals surface area (Å²) in [7, 11) is 2.23. The van der Waals surface area contributed by atoms with E-state index in [4.69, 9.17) is 5.73 Å². The lowest BCUT2D eigenvalue weighted by Crippen LogP contribution is -2.43. The molecule has 2 N–H and O–H groups in total. The molecule has 1 heterocycles. The zero-order valence-corrected chi connectivity index (χ0v) is 8.75. The third kappa shape index (κ3) is 3.79. The third-order valence-corrected chi connectivity index (χ3v) is 2.35. The molecule has 1 saturated heterocycles. The molecule has 0 amide bonds. The van der Waals surface area contributed by atoms with Crippen LogP contribution in [0.4, 0.5) is 4.39 Å². The predicted molar refractivity (Wildman–Crippen MR) is 52.9 cm³/mol. The normalized spacial score (nSPS) is 27.0. The molecule has 72 valence electrons. The predicted octanol–water partition coefficient (Wildman–Crippen LogP) is 0.970. The van der Waals surface area contributed by atoms with Gasteiger partial charge in [0.2, 0.25) is 0 Å². The van der Waals surface area contributed by atoms with Crippen molar-refractivity contribution in [1.29, 1.82) is 0 Å². The Morgan fingerprint density at radius 3 is 2.50 bits per heavy atom. The standard InChI is InChI=1S/C8H18FN2P/c1-8(9,12)6-11-4-2-7(10)3-5-11/h7H,2-6,10,12H2,1H3. The molecule has 0 aromatic rings. The van der Waals surface area contributed by atoms with Crippen LogP contribution in [0, 0.1) is 0 Å². The Hall–Kier alpha value is 0.280. The van der Waals surface area contributed by atoms with Crippen LogP contribution in [0.25, 0.3) is 0 Å². The van der Waals surface area contributed by atoms with Crippen molar-refractivity contribution in [2.24, 2.45) is 5.73 Å². The van der Waals surface area contributed by atoms with Crippen LogP contribution in [0.1, 0.15) is 19.8 Å². The number of piperidine rings is 1. The molecule has 0 saturated carbocycles. The second-order valence-electron chi connectivity index (χ2n) is 3.89. The number of hydrogen-bond donors (Lipinski definition) is 1. The number of alkyl halides is 1. The number of nitrogens with two attached hydrogens (primary N) is 1. The first-order chi connectivity index (χ1) is 5.47. The van der Waals surface area contributed by atoms with E-state index in [-0.39, 0.29) is 0 Å². The minimum absolute atomic E-state index is 0.330. The van der Waals surface area contributed by atoms with Crippen molar-refractivity contribution in [3.8, 4) is 0 Å². The van der Waals surface area contributed by atoms with Gasteiger partial charge in [-0.25, -0.2) is 4.39 Å². The topological polar surface area (TPSA) is 29.3 Å². The molecule has 12 heavy (non-hydrogen) atoms. The SMILES string of the molecule is CC(F)(P)CN1CCC(N)CC1. The van der Waals surface area contributed by atoms with Gasteiger partial charge in [-0.15, -0.1) is 0 Å². The quantitative estimate of drug-likeness (QED) is 0.660. The first-order valence-corrected chi connectivity index (χ1v) is 5.01. The average Bonchev–Trinajstić information content (AvgIpc) is 1.91. The molecule has 2 nitrogen and oxygen atoms in total. The minimum atomic E-state index is -1.15. The molecule has 1 rings (SSSR count). The summed E-state index contributed by atoms with van der Waals surface area (Å²) in [5.74, 6) is 0. The van der Waals surface area contributed by atoms with E-state index in [1.807, 2.05) is 0 Å². The molecule has 0 spiro atoms. The number of hydrogen-bond acceptors (Lipinski definition) is 2. The van der Waals surface area contributed by atoms with Gasteiger partial charge in [-0.05, 0) is 32.9 Å². The van der Waals surface area contributed by atoms with Crippen LogP contribution >= 0.6 is 9.24 Å². The number of rotatable bonds is 2. The first kappa shape index (κ1) is 10.4. The van der Waals surface area contributed by atoms with Crippen LogP contribution in [0.2, 0.25) is 0 Å². The van der Waals surface area contributed by atoms with Crippen LogP contribution in [-0.4, -0.2) is 36.0 Å². The van der Waals surface area contributed by atoms with Crippen molar-refractivity contribution < 1.29 is 4.39 Å². The molecular weight excluding hydrogens is 174 g/mol. The van der Waals surface area contributed by atoms with E-state index in [9.17, 15) is 4.39 Å². The Balaban J connectivity index is 2.26. The van der Waals surface area contributed by atoms with Gasteiger partial charge in [0.25, 0.3) is 0 Å². The highest BCUT2D eigenvalue weighted by Crippen LogP contribution is 2.22. The Labute approximate surface area is 75.9 Å². The molecule has 0 aromatic heterocycles. The maximum absolute atomic E-state index is 13.2. The zero-order valence-electron chi connectivity index (χ0n) is 7.59. The van der Waals surface area contributed by atoms with Crippen LogP contribution in [0.5, 0.6) is 0 Å². The summed E-state index contributed by atoms with van der Waals surface area (Å²) >= 11 is 0. The number of halogens is 1. The van der Waals surface area contributed by atoms with Crippen LogP contribution in [0.3, 0.4) is 0 Å². The minimum Gasteiger partial charge on any atom is -0.328 e. The molecule has 0 bridgehead atoms. The molecule has 0 aromatic carbocycles. The van der Waals surface area contributed by atoms with Gasteiger partial charge in [-0.2, -0.15) is 0 Å². The van der Waals surface area contributed by atoms with Crippen molar-refractivity contribution in [1.82, 2.24) is 4.90 Å². The summed E-state index contributed by atoms with van der Waals surface area (Å²) in [6, 6.07) is 0.330. The van der Waals surface area contributed by atoms with Gasteiger partial charge in [-0.3, -0.25) is 4.90 Å². The molecule has 1 aliphatic heterocycles. The van der Waals surface area contributed by atoms with Gasteiger partial charge < -0.3 is 5.73 Å². The third-order valence-electron chi connectivity index (χ3n) is 2.17. The van der Waals surface area contributed by atoms with Gasteiger partial charge in [-0.1, -0.05) is 9.24 Å². The Bertz CT molecular complexity index is 138. The van der Waals surface area contributed by atoms with E-state index in [2.05, 4.69) is 14.1 Å². The number of nitrogens with zero attached hydrogens (tertiary/aromatic N) is 1. The fourth-order valence-electron chi connectivity index (χ4n) is 1.55. The molecule has 2 atom stereocenters. The second kappa shape index (κ2) is 3.99. The van der Waals surface area contributed by atoms with Crippen molar-refractivity contribution in [2.75, 3.05) is 19.6 Å². The van der Waals surface area contributed by atoms with E-state index in [0.717, 1.165) is 25.9 Å². The van der Waals surface area contributed by atoms with Gasteiger partial charge in [0.1, 0.15) is 5.41 Å². The lowest BCUT2D eigenvalue weighted by atomic mass is 10.1. The Morgan fingerprint density at radius 2 is 2.08 bits per heavy atom. The van der Waals surface area contributed by atoms with E-state index >= 15 is 0 Å². The molecule has 4 heteroatoms. The number of likely N-dealkylation sites (tertiary alicyclic amines) is 1. The average molecular weight is 192 g/mol. The Morgan fingerprint density at radius 1 is 1.58 bits per heavy atom. The van der Waals surface area contributed by atoms with Crippen molar-refractivity contribution in [2.45, 2.75) is 31.2 Å². The van der Waals surface area contributed by atoms with Gasteiger partial charge in [0.05, 0.1) is 0 Å². The summed E-state index contributed by atoms with van der Waals surface area (Å²) in [5, 5.41) is -1.15. The van der Waals surface area contributed by atoms with Crippen molar-refractivity contribution in [3.05, 3.63) is 0 Å². The van der Waals surface area contributed by atoms with Gasteiger partial charge in [0, 0.05) is 12.6 Å². The van der Waals surface area contributed by atoms with E-state index in [1.165, 1.54) is 0 Å². The summed E-state index contributed by atoms with van der Waals surface area (Å²) in [6.45, 7) is 3.97. The van der Waals surface area contributed by atoms with Gasteiger partial charge >= 0.3 is 0 Å². The van der Waals surface area contributed by atoms with Crippen molar-refractivity contribution >= 4 is 9.24 Å². The summed E-state index contributed by atoms with van der Waals surface area (Å²) < 4.78 is 13.2. The van der Waals surface area contributed by atoms with Crippen LogP contribution < -0.4 is 5.73 Å². The van der Waals surface area contributed by atoms with E-state index in [0.29, 0.717) is 12.6 Å². The highest BCUT2D eigenvalue weighted by atomic mass is 31.0. The first-order valence-electron chi connectivity index (χ1n) is 4.43. The van der Waals surface area contributed by atoms with Crippen LogP contribution in [0.15, 0.2) is 0 Å². The second-order valence-corrected chi connectivity index (χ2v) is 5.10. The summed E-state index contributed by atoms with van der Waals surface area (Å²) in [5.41, 5.74) is 5.74. The lowest BCUT2D eigenvalue weighted by molar-refractivity contribution is 0.149. The summed E-state index contributed by atoms with van der Waals surface area (Å²) in [6.07, 6.45) is 2.00. The van der Waals surface area contributed by atoms with E-state index in [1.54, 1.807) is 6.92 Å². The monoisotopic (exact) mass is 192 g/mol. The maximum atomic E-state index is 13.2. The highest BCUT2D eigenvalue weighted by Gasteiger charge is 2.23. The fourth-order valence-corrected chi connectivity index (χ4v) is 1.81. The molecule has 0 radical (unpaired) electrons. The lowest BCUT2D eigenvalue weighted by Gasteiger charge is -2.32. The maximum Gasteiger partial charge on any atom is 0.133 e. The molecular formula is C8H18FN2P. The highest BCUT2D eigenvalue weighted by molar-refractivity contribution is 7.18. The van der Waals surface area contributed by atoms with Crippen LogP contribution in [-0.2, 0) is 0 Å². The largest absolute Gasteiger partial charge is 0.328 e. The Kier molecular flexibility index (Phi) is 3.45. The molecule has 1 aliphatic rings. The van der Waals surface area contributed by atoms with Gasteiger partial charge in [0.15, 0.2) is 0 Å². The fraction of sp³-hybridized carbons (Fsp3) is 1.00. The smallest absolute Gasteiger partial charge is 0.133 e. The van der Waals surface area contributed by atoms with E-state index < -0.39 is 5.41 Å². The zero-order chi connectivity index (χ0) is 9.19. The molecule has 2 unspecified atom stereocenters. The molecule has 1 fully saturated rings. The summed E-state index contributed by atoms with van der Waals surface area (Å²) in [4.78, 5) is 2.14. The molecule has 0 aliphatic carbocycles. The van der Waals surface area contributed by atoms with Crippen molar-refractivity contribution in [3.63, 3.8) is 0 Å².